The fraction of sp³-hybridized carbons (Fsp3) is 0.200. The highest BCUT2D eigenvalue weighted by atomic mass is 16.2. The van der Waals surface area contributed by atoms with Gasteiger partial charge in [-0.05, 0) is 42.3 Å². The Morgan fingerprint density at radius 1 is 1.22 bits per heavy atom. The molecule has 0 unspecified atom stereocenters. The van der Waals surface area contributed by atoms with Crippen LogP contribution in [0.25, 0.3) is 22.3 Å². The molecule has 5 rings (SSSR count). The summed E-state index contributed by atoms with van der Waals surface area (Å²) < 4.78 is 1.88. The number of carbonyl (C=O) groups excluding carboxylic acids is 1. The summed E-state index contributed by atoms with van der Waals surface area (Å²) in [5.41, 5.74) is 4.32. The van der Waals surface area contributed by atoms with Gasteiger partial charge in [0.15, 0.2) is 0 Å². The van der Waals surface area contributed by atoms with Gasteiger partial charge in [-0.1, -0.05) is 0 Å². The van der Waals surface area contributed by atoms with Crippen molar-refractivity contribution in [2.24, 2.45) is 7.05 Å². The SMILES string of the molecule is Cn1c(C(=O)N2CC[C@@H]2c2ccncc2)cc2ccc(-c3cn[nH]c3)nc21. The lowest BCUT2D eigenvalue weighted by Crippen LogP contribution is -2.45. The molecule has 0 aromatic carbocycles. The van der Waals surface area contributed by atoms with Gasteiger partial charge in [0.1, 0.15) is 11.3 Å². The number of rotatable bonds is 3. The van der Waals surface area contributed by atoms with Crippen LogP contribution in [0, 0.1) is 0 Å². The first-order valence-electron chi connectivity index (χ1n) is 8.89. The molecule has 0 aliphatic carbocycles. The molecule has 0 spiro atoms. The molecule has 5 heterocycles. The predicted octanol–water partition coefficient (Wildman–Crippen LogP) is 2.95. The maximum atomic E-state index is 13.2. The molecule has 4 aromatic rings. The van der Waals surface area contributed by atoms with Crippen molar-refractivity contribution in [2.45, 2.75) is 12.5 Å². The molecule has 1 aliphatic rings. The lowest BCUT2D eigenvalue weighted by atomic mass is 9.95. The largest absolute Gasteiger partial charge is 0.330 e. The number of H-pyrrole nitrogens is 1. The molecule has 7 heteroatoms. The minimum atomic E-state index is 0.0356. The highest BCUT2D eigenvalue weighted by Crippen LogP contribution is 2.35. The molecule has 27 heavy (non-hydrogen) atoms. The Balaban J connectivity index is 1.49. The van der Waals surface area contributed by atoms with Gasteiger partial charge >= 0.3 is 0 Å². The van der Waals surface area contributed by atoms with Crippen LogP contribution in [-0.4, -0.2) is 42.1 Å². The van der Waals surface area contributed by atoms with Crippen molar-refractivity contribution in [1.82, 2.24) is 29.6 Å². The van der Waals surface area contributed by atoms with E-state index < -0.39 is 0 Å². The van der Waals surface area contributed by atoms with E-state index in [4.69, 9.17) is 4.98 Å². The zero-order valence-electron chi connectivity index (χ0n) is 14.8. The van der Waals surface area contributed by atoms with Crippen LogP contribution in [0.4, 0.5) is 0 Å². The molecular weight excluding hydrogens is 340 g/mol. The number of aryl methyl sites for hydroxylation is 1. The molecule has 1 saturated heterocycles. The molecule has 0 radical (unpaired) electrons. The minimum absolute atomic E-state index is 0.0356. The predicted molar refractivity (Wildman–Crippen MR) is 101 cm³/mol. The summed E-state index contributed by atoms with van der Waals surface area (Å²) in [6.07, 6.45) is 8.07. The smallest absolute Gasteiger partial charge is 0.271 e. The first-order valence-corrected chi connectivity index (χ1v) is 8.89. The van der Waals surface area contributed by atoms with Gasteiger partial charge < -0.3 is 9.47 Å². The molecular formula is C20H18N6O. The van der Waals surface area contributed by atoms with Crippen molar-refractivity contribution < 1.29 is 4.79 Å². The van der Waals surface area contributed by atoms with Gasteiger partial charge in [0.05, 0.1) is 17.9 Å². The van der Waals surface area contributed by atoms with E-state index in [0.717, 1.165) is 40.8 Å². The van der Waals surface area contributed by atoms with Crippen LogP contribution in [0.1, 0.15) is 28.5 Å². The Morgan fingerprint density at radius 2 is 2.07 bits per heavy atom. The van der Waals surface area contributed by atoms with Gasteiger partial charge in [-0.25, -0.2) is 4.98 Å². The number of nitrogens with one attached hydrogen (secondary N) is 1. The van der Waals surface area contributed by atoms with Crippen LogP contribution in [0.15, 0.2) is 55.1 Å². The summed E-state index contributed by atoms with van der Waals surface area (Å²) in [4.78, 5) is 23.9. The standard InChI is InChI=1S/C20H18N6O/c1-25-18(20(27)26-9-6-17(26)13-4-7-21-8-5-13)10-14-2-3-16(24-19(14)25)15-11-22-23-12-15/h2-5,7-8,10-12,17H,6,9H2,1H3,(H,22,23)/t17-/m1/s1. The maximum Gasteiger partial charge on any atom is 0.271 e. The van der Waals surface area contributed by atoms with Gasteiger partial charge in [0.2, 0.25) is 0 Å². The van der Waals surface area contributed by atoms with Gasteiger partial charge in [-0.15, -0.1) is 0 Å². The second-order valence-electron chi connectivity index (χ2n) is 6.77. The van der Waals surface area contributed by atoms with Crippen LogP contribution in [0.3, 0.4) is 0 Å². The second kappa shape index (κ2) is 6.05. The Morgan fingerprint density at radius 3 is 2.78 bits per heavy atom. The Kier molecular flexibility index (Phi) is 3.53. The fourth-order valence-electron chi connectivity index (χ4n) is 3.67. The number of nitrogens with zero attached hydrogens (tertiary/aromatic N) is 5. The highest BCUT2D eigenvalue weighted by molar-refractivity contribution is 5.98. The topological polar surface area (TPSA) is 79.7 Å². The number of amides is 1. The molecule has 4 aromatic heterocycles. The third kappa shape index (κ3) is 2.51. The van der Waals surface area contributed by atoms with Gasteiger partial charge in [0.25, 0.3) is 5.91 Å². The third-order valence-corrected chi connectivity index (χ3v) is 5.26. The van der Waals surface area contributed by atoms with Crippen molar-refractivity contribution in [3.8, 4) is 11.3 Å². The van der Waals surface area contributed by atoms with E-state index in [1.807, 2.05) is 53.0 Å². The quantitative estimate of drug-likeness (QED) is 0.611. The van der Waals surface area contributed by atoms with E-state index in [-0.39, 0.29) is 11.9 Å². The molecule has 1 amide bonds. The van der Waals surface area contributed by atoms with Gasteiger partial charge in [0, 0.05) is 43.1 Å². The highest BCUT2D eigenvalue weighted by Gasteiger charge is 2.35. The third-order valence-electron chi connectivity index (χ3n) is 5.26. The number of aromatic nitrogens is 5. The number of likely N-dealkylation sites (tertiary alicyclic amines) is 1. The molecule has 7 nitrogen and oxygen atoms in total. The van der Waals surface area contributed by atoms with Crippen LogP contribution in [-0.2, 0) is 7.05 Å². The molecule has 1 aliphatic heterocycles. The van der Waals surface area contributed by atoms with E-state index in [2.05, 4.69) is 15.2 Å². The molecule has 1 atom stereocenters. The van der Waals surface area contributed by atoms with Crippen LogP contribution >= 0.6 is 0 Å². The molecule has 0 bridgehead atoms. The summed E-state index contributed by atoms with van der Waals surface area (Å²) >= 11 is 0. The maximum absolute atomic E-state index is 13.2. The average molecular weight is 358 g/mol. The summed E-state index contributed by atoms with van der Waals surface area (Å²) in [5.74, 6) is 0.0356. The van der Waals surface area contributed by atoms with Crippen molar-refractivity contribution in [1.29, 1.82) is 0 Å². The number of carbonyl (C=O) groups is 1. The minimum Gasteiger partial charge on any atom is -0.330 e. The summed E-state index contributed by atoms with van der Waals surface area (Å²) in [7, 11) is 1.89. The van der Waals surface area contributed by atoms with Crippen LogP contribution < -0.4 is 0 Å². The Bertz CT molecular complexity index is 1120. The number of hydrogen-bond donors (Lipinski definition) is 1. The Hall–Kier alpha value is -3.48. The summed E-state index contributed by atoms with van der Waals surface area (Å²) in [6, 6.07) is 9.94. The van der Waals surface area contributed by atoms with Crippen LogP contribution in [0.5, 0.6) is 0 Å². The second-order valence-corrected chi connectivity index (χ2v) is 6.77. The van der Waals surface area contributed by atoms with Crippen molar-refractivity contribution in [3.63, 3.8) is 0 Å². The summed E-state index contributed by atoms with van der Waals surface area (Å²) in [5, 5.41) is 7.73. The first kappa shape index (κ1) is 15.7. The summed E-state index contributed by atoms with van der Waals surface area (Å²) in [6.45, 7) is 0.765. The van der Waals surface area contributed by atoms with Crippen molar-refractivity contribution in [2.75, 3.05) is 6.54 Å². The van der Waals surface area contributed by atoms with Crippen molar-refractivity contribution in [3.05, 3.63) is 66.4 Å². The van der Waals surface area contributed by atoms with E-state index in [1.54, 1.807) is 18.6 Å². The molecule has 0 saturated carbocycles. The molecule has 1 N–H and O–H groups in total. The lowest BCUT2D eigenvalue weighted by Gasteiger charge is -2.41. The zero-order valence-corrected chi connectivity index (χ0v) is 14.8. The average Bonchev–Trinajstić information content (AvgIpc) is 3.30. The van der Waals surface area contributed by atoms with Gasteiger partial charge in [-0.2, -0.15) is 5.10 Å². The zero-order chi connectivity index (χ0) is 18.4. The van der Waals surface area contributed by atoms with Crippen LogP contribution in [0.2, 0.25) is 0 Å². The normalized spacial score (nSPS) is 16.5. The molecule has 1 fully saturated rings. The van der Waals surface area contributed by atoms with Crippen molar-refractivity contribution >= 4 is 16.9 Å². The Labute approximate surface area is 155 Å². The van der Waals surface area contributed by atoms with E-state index >= 15 is 0 Å². The van der Waals surface area contributed by atoms with E-state index in [1.165, 1.54) is 0 Å². The number of hydrogen-bond acceptors (Lipinski definition) is 4. The van der Waals surface area contributed by atoms with E-state index in [0.29, 0.717) is 5.69 Å². The fourth-order valence-corrected chi connectivity index (χ4v) is 3.67. The lowest BCUT2D eigenvalue weighted by molar-refractivity contribution is 0.0450. The molecule has 134 valence electrons. The van der Waals surface area contributed by atoms with E-state index in [9.17, 15) is 4.79 Å². The monoisotopic (exact) mass is 358 g/mol. The van der Waals surface area contributed by atoms with Gasteiger partial charge in [-0.3, -0.25) is 14.9 Å². The number of aromatic amines is 1. The first-order chi connectivity index (χ1) is 13.2. The number of fused-ring (bicyclic) bond motifs is 1. The number of pyridine rings is 2.